The lowest BCUT2D eigenvalue weighted by atomic mass is 10.1. The zero-order chi connectivity index (χ0) is 15.4. The fourth-order valence-electron chi connectivity index (χ4n) is 1.97. The Kier molecular flexibility index (Phi) is 4.18. The third-order valence-corrected chi connectivity index (χ3v) is 2.92. The number of carbonyl (C=O) groups is 1. The van der Waals surface area contributed by atoms with E-state index >= 15 is 0 Å². The zero-order valence-electron chi connectivity index (χ0n) is 11.3. The highest BCUT2D eigenvalue weighted by Gasteiger charge is 2.23. The summed E-state index contributed by atoms with van der Waals surface area (Å²) in [7, 11) is 0. The molecule has 1 N–H and O–H groups in total. The Bertz CT molecular complexity index is 696. The van der Waals surface area contributed by atoms with E-state index in [-0.39, 0.29) is 17.7 Å². The van der Waals surface area contributed by atoms with Crippen LogP contribution >= 0.6 is 0 Å². The van der Waals surface area contributed by atoms with Crippen molar-refractivity contribution in [2.45, 2.75) is 13.5 Å². The predicted octanol–water partition coefficient (Wildman–Crippen LogP) is 3.18. The SMILES string of the molecule is Cc1cccc(OCc2cccc([N+](=O)[O-])c2C(=O)O)c1. The largest absolute Gasteiger partial charge is 0.489 e. The smallest absolute Gasteiger partial charge is 0.343 e. The van der Waals surface area contributed by atoms with Gasteiger partial charge in [-0.05, 0) is 24.6 Å². The van der Waals surface area contributed by atoms with Crippen molar-refractivity contribution in [3.8, 4) is 5.75 Å². The Hall–Kier alpha value is -2.89. The van der Waals surface area contributed by atoms with Crippen LogP contribution in [-0.4, -0.2) is 16.0 Å². The van der Waals surface area contributed by atoms with Gasteiger partial charge in [-0.25, -0.2) is 4.79 Å². The molecular weight excluding hydrogens is 274 g/mol. The molecule has 108 valence electrons. The maximum atomic E-state index is 11.3. The van der Waals surface area contributed by atoms with Crippen molar-refractivity contribution in [1.82, 2.24) is 0 Å². The van der Waals surface area contributed by atoms with Gasteiger partial charge in [0.15, 0.2) is 0 Å². The van der Waals surface area contributed by atoms with E-state index in [9.17, 15) is 20.0 Å². The maximum absolute atomic E-state index is 11.3. The highest BCUT2D eigenvalue weighted by molar-refractivity contribution is 5.94. The molecule has 0 aliphatic carbocycles. The van der Waals surface area contributed by atoms with Gasteiger partial charge in [-0.1, -0.05) is 24.3 Å². The fraction of sp³-hybridized carbons (Fsp3) is 0.133. The summed E-state index contributed by atoms with van der Waals surface area (Å²) in [6.45, 7) is 1.86. The average molecular weight is 287 g/mol. The van der Waals surface area contributed by atoms with Gasteiger partial charge >= 0.3 is 5.97 Å². The summed E-state index contributed by atoms with van der Waals surface area (Å²) in [5, 5.41) is 20.1. The molecule has 21 heavy (non-hydrogen) atoms. The highest BCUT2D eigenvalue weighted by atomic mass is 16.6. The number of aromatic carboxylic acids is 1. The van der Waals surface area contributed by atoms with Gasteiger partial charge in [-0.2, -0.15) is 0 Å². The van der Waals surface area contributed by atoms with Gasteiger partial charge in [0.2, 0.25) is 0 Å². The molecule has 0 amide bonds. The number of nitro groups is 1. The molecule has 0 saturated carbocycles. The zero-order valence-corrected chi connectivity index (χ0v) is 11.3. The molecule has 0 atom stereocenters. The number of rotatable bonds is 5. The molecule has 0 bridgehead atoms. The van der Waals surface area contributed by atoms with Crippen LogP contribution in [-0.2, 0) is 6.61 Å². The Balaban J connectivity index is 2.30. The summed E-state index contributed by atoms with van der Waals surface area (Å²) in [6.07, 6.45) is 0. The van der Waals surface area contributed by atoms with Crippen molar-refractivity contribution < 1.29 is 19.6 Å². The summed E-state index contributed by atoms with van der Waals surface area (Å²) in [6, 6.07) is 11.4. The van der Waals surface area contributed by atoms with E-state index in [1.165, 1.54) is 18.2 Å². The summed E-state index contributed by atoms with van der Waals surface area (Å²) < 4.78 is 5.51. The second kappa shape index (κ2) is 6.04. The molecular formula is C15H13NO5. The first-order chi connectivity index (χ1) is 9.99. The quantitative estimate of drug-likeness (QED) is 0.673. The van der Waals surface area contributed by atoms with E-state index in [1.807, 2.05) is 19.1 Å². The van der Waals surface area contributed by atoms with E-state index in [2.05, 4.69) is 0 Å². The summed E-state index contributed by atoms with van der Waals surface area (Å²) >= 11 is 0. The second-order valence-corrected chi connectivity index (χ2v) is 4.48. The number of ether oxygens (including phenoxy) is 1. The lowest BCUT2D eigenvalue weighted by Crippen LogP contribution is -2.09. The molecule has 2 rings (SSSR count). The van der Waals surface area contributed by atoms with Crippen molar-refractivity contribution in [3.05, 3.63) is 69.3 Å². The minimum atomic E-state index is -1.34. The Morgan fingerprint density at radius 1 is 1.29 bits per heavy atom. The van der Waals surface area contributed by atoms with Gasteiger partial charge in [0.1, 0.15) is 17.9 Å². The summed E-state index contributed by atoms with van der Waals surface area (Å²) in [5.41, 5.74) is 0.492. The van der Waals surface area contributed by atoms with Crippen LogP contribution in [0.3, 0.4) is 0 Å². The third-order valence-electron chi connectivity index (χ3n) is 2.92. The minimum Gasteiger partial charge on any atom is -0.489 e. The molecule has 6 nitrogen and oxygen atoms in total. The van der Waals surface area contributed by atoms with Crippen molar-refractivity contribution in [2.24, 2.45) is 0 Å². The number of aryl methyl sites for hydroxylation is 1. The Labute approximate surface area is 120 Å². The Morgan fingerprint density at radius 2 is 2.00 bits per heavy atom. The molecule has 0 unspecified atom stereocenters. The van der Waals surface area contributed by atoms with E-state index in [0.29, 0.717) is 5.75 Å². The van der Waals surface area contributed by atoms with Crippen LogP contribution in [0, 0.1) is 17.0 Å². The molecule has 6 heteroatoms. The molecule has 0 saturated heterocycles. The first-order valence-corrected chi connectivity index (χ1v) is 6.18. The van der Waals surface area contributed by atoms with Gasteiger partial charge in [0, 0.05) is 11.6 Å². The number of benzene rings is 2. The van der Waals surface area contributed by atoms with Crippen molar-refractivity contribution in [2.75, 3.05) is 0 Å². The van der Waals surface area contributed by atoms with Crippen LogP contribution in [0.4, 0.5) is 5.69 Å². The molecule has 0 aliphatic rings. The number of hydrogen-bond donors (Lipinski definition) is 1. The van der Waals surface area contributed by atoms with Crippen LogP contribution in [0.1, 0.15) is 21.5 Å². The van der Waals surface area contributed by atoms with Crippen LogP contribution in [0.25, 0.3) is 0 Å². The topological polar surface area (TPSA) is 89.7 Å². The minimum absolute atomic E-state index is 0.0488. The molecule has 2 aromatic rings. The van der Waals surface area contributed by atoms with Crippen molar-refractivity contribution in [1.29, 1.82) is 0 Å². The number of carboxylic acids is 1. The third kappa shape index (κ3) is 3.36. The van der Waals surface area contributed by atoms with E-state index in [4.69, 9.17) is 4.74 Å². The molecule has 2 aromatic carbocycles. The van der Waals surface area contributed by atoms with Gasteiger partial charge in [0.05, 0.1) is 4.92 Å². The van der Waals surface area contributed by atoms with Crippen LogP contribution in [0.15, 0.2) is 42.5 Å². The first-order valence-electron chi connectivity index (χ1n) is 6.18. The molecule has 0 spiro atoms. The Morgan fingerprint density at radius 3 is 2.62 bits per heavy atom. The number of nitro benzene ring substituents is 1. The van der Waals surface area contributed by atoms with Crippen LogP contribution in [0.2, 0.25) is 0 Å². The summed E-state index contributed by atoms with van der Waals surface area (Å²) in [4.78, 5) is 21.4. The van der Waals surface area contributed by atoms with Gasteiger partial charge in [-0.3, -0.25) is 10.1 Å². The monoisotopic (exact) mass is 287 g/mol. The number of nitrogens with zero attached hydrogens (tertiary/aromatic N) is 1. The highest BCUT2D eigenvalue weighted by Crippen LogP contribution is 2.24. The second-order valence-electron chi connectivity index (χ2n) is 4.48. The molecule has 0 radical (unpaired) electrons. The molecule has 0 aromatic heterocycles. The fourth-order valence-corrected chi connectivity index (χ4v) is 1.97. The van der Waals surface area contributed by atoms with E-state index in [0.717, 1.165) is 5.56 Å². The molecule has 0 fully saturated rings. The van der Waals surface area contributed by atoms with Crippen LogP contribution < -0.4 is 4.74 Å². The first kappa shape index (κ1) is 14.5. The van der Waals surface area contributed by atoms with E-state index < -0.39 is 16.6 Å². The van der Waals surface area contributed by atoms with Crippen LogP contribution in [0.5, 0.6) is 5.75 Å². The van der Waals surface area contributed by atoms with Crippen molar-refractivity contribution in [3.63, 3.8) is 0 Å². The van der Waals surface area contributed by atoms with Gasteiger partial charge in [-0.15, -0.1) is 0 Å². The summed E-state index contributed by atoms with van der Waals surface area (Å²) in [5.74, 6) is -0.761. The number of hydrogen-bond acceptors (Lipinski definition) is 4. The van der Waals surface area contributed by atoms with Gasteiger partial charge in [0.25, 0.3) is 5.69 Å². The normalized spacial score (nSPS) is 10.1. The lowest BCUT2D eigenvalue weighted by Gasteiger charge is -2.09. The van der Waals surface area contributed by atoms with E-state index in [1.54, 1.807) is 12.1 Å². The molecule has 0 heterocycles. The van der Waals surface area contributed by atoms with Crippen molar-refractivity contribution >= 4 is 11.7 Å². The lowest BCUT2D eigenvalue weighted by molar-refractivity contribution is -0.385. The maximum Gasteiger partial charge on any atom is 0.343 e. The molecule has 0 aliphatic heterocycles. The number of carboxylic acid groups (broad SMARTS) is 1. The standard InChI is InChI=1S/C15H13NO5/c1-10-4-2-6-12(8-10)21-9-11-5-3-7-13(16(19)20)14(11)15(17)18/h2-8H,9H2,1H3,(H,17,18). The predicted molar refractivity (Wildman–Crippen MR) is 75.6 cm³/mol. The van der Waals surface area contributed by atoms with Gasteiger partial charge < -0.3 is 9.84 Å². The average Bonchev–Trinajstić information content (AvgIpc) is 2.44.